The zero-order valence-corrected chi connectivity index (χ0v) is 19.5. The standard InChI is InChI=1S/C22H20Cl2N2O3S2/c23-17-9-11-20(12-10-17)30-14-13-25-22(27)16-26(19-6-4-5-18(24)15-19)31(28,29)21-7-2-1-3-8-21/h1-12,15H,13-14,16H2,(H,25,27). The van der Waals surface area contributed by atoms with Gasteiger partial charge in [0.05, 0.1) is 10.6 Å². The maximum atomic E-state index is 13.2. The van der Waals surface area contributed by atoms with Crippen LogP contribution in [0.1, 0.15) is 0 Å². The van der Waals surface area contributed by atoms with E-state index in [1.807, 2.05) is 12.1 Å². The number of nitrogens with one attached hydrogen (secondary N) is 1. The summed E-state index contributed by atoms with van der Waals surface area (Å²) in [6, 6.07) is 21.8. The Bertz CT molecular complexity index is 1130. The highest BCUT2D eigenvalue weighted by molar-refractivity contribution is 7.99. The first-order chi connectivity index (χ1) is 14.9. The molecule has 1 amide bonds. The van der Waals surface area contributed by atoms with Crippen molar-refractivity contribution >= 4 is 56.6 Å². The van der Waals surface area contributed by atoms with Crippen LogP contribution in [-0.2, 0) is 14.8 Å². The van der Waals surface area contributed by atoms with E-state index in [1.54, 1.807) is 60.3 Å². The van der Waals surface area contributed by atoms with Crippen molar-refractivity contribution in [1.29, 1.82) is 0 Å². The predicted molar refractivity (Wildman–Crippen MR) is 128 cm³/mol. The lowest BCUT2D eigenvalue weighted by Crippen LogP contribution is -2.41. The van der Waals surface area contributed by atoms with Gasteiger partial charge < -0.3 is 5.32 Å². The number of thioether (sulfide) groups is 1. The van der Waals surface area contributed by atoms with E-state index in [0.717, 1.165) is 9.20 Å². The average molecular weight is 495 g/mol. The third-order valence-corrected chi connectivity index (χ3v) is 7.51. The lowest BCUT2D eigenvalue weighted by atomic mass is 10.3. The molecule has 3 aromatic rings. The van der Waals surface area contributed by atoms with Gasteiger partial charge in [-0.1, -0.05) is 47.5 Å². The fourth-order valence-corrected chi connectivity index (χ4v) is 5.26. The van der Waals surface area contributed by atoms with Gasteiger partial charge in [-0.05, 0) is 54.6 Å². The van der Waals surface area contributed by atoms with E-state index in [1.165, 1.54) is 18.2 Å². The minimum absolute atomic E-state index is 0.0982. The van der Waals surface area contributed by atoms with Crippen molar-refractivity contribution in [2.24, 2.45) is 0 Å². The van der Waals surface area contributed by atoms with Crippen molar-refractivity contribution in [3.05, 3.63) is 88.9 Å². The summed E-state index contributed by atoms with van der Waals surface area (Å²) in [7, 11) is -3.95. The SMILES string of the molecule is O=C(CN(c1cccc(Cl)c1)S(=O)(=O)c1ccccc1)NCCSc1ccc(Cl)cc1. The van der Waals surface area contributed by atoms with E-state index >= 15 is 0 Å². The number of anilines is 1. The van der Waals surface area contributed by atoms with Gasteiger partial charge in [0, 0.05) is 27.2 Å². The number of benzene rings is 3. The zero-order valence-electron chi connectivity index (χ0n) is 16.4. The number of carbonyl (C=O) groups excluding carboxylic acids is 1. The van der Waals surface area contributed by atoms with Crippen LogP contribution in [-0.4, -0.2) is 33.2 Å². The van der Waals surface area contributed by atoms with Crippen molar-refractivity contribution in [3.8, 4) is 0 Å². The second-order valence-electron chi connectivity index (χ2n) is 6.46. The lowest BCUT2D eigenvalue weighted by Gasteiger charge is -2.24. The van der Waals surface area contributed by atoms with E-state index in [9.17, 15) is 13.2 Å². The molecule has 3 aromatic carbocycles. The van der Waals surface area contributed by atoms with E-state index in [4.69, 9.17) is 23.2 Å². The monoisotopic (exact) mass is 494 g/mol. The highest BCUT2D eigenvalue weighted by Gasteiger charge is 2.27. The number of nitrogens with zero attached hydrogens (tertiary/aromatic N) is 1. The van der Waals surface area contributed by atoms with Gasteiger partial charge in [-0.25, -0.2) is 8.42 Å². The molecule has 0 radical (unpaired) electrons. The average Bonchev–Trinajstić information content (AvgIpc) is 2.77. The summed E-state index contributed by atoms with van der Waals surface area (Å²) in [6.07, 6.45) is 0. The Morgan fingerprint density at radius 1 is 0.903 bits per heavy atom. The molecule has 162 valence electrons. The molecule has 0 unspecified atom stereocenters. The summed E-state index contributed by atoms with van der Waals surface area (Å²) >= 11 is 13.5. The van der Waals surface area contributed by atoms with E-state index < -0.39 is 15.9 Å². The van der Waals surface area contributed by atoms with Crippen molar-refractivity contribution in [3.63, 3.8) is 0 Å². The van der Waals surface area contributed by atoms with Crippen LogP contribution < -0.4 is 9.62 Å². The topological polar surface area (TPSA) is 66.5 Å². The molecule has 9 heteroatoms. The number of rotatable bonds is 9. The summed E-state index contributed by atoms with van der Waals surface area (Å²) in [4.78, 5) is 13.7. The largest absolute Gasteiger partial charge is 0.354 e. The predicted octanol–water partition coefficient (Wildman–Crippen LogP) is 5.10. The van der Waals surface area contributed by atoms with Crippen molar-refractivity contribution < 1.29 is 13.2 Å². The fraction of sp³-hybridized carbons (Fsp3) is 0.136. The molecule has 0 heterocycles. The lowest BCUT2D eigenvalue weighted by molar-refractivity contribution is -0.119. The Balaban J connectivity index is 1.68. The molecule has 0 aromatic heterocycles. The van der Waals surface area contributed by atoms with Crippen LogP contribution in [0.4, 0.5) is 5.69 Å². The quantitative estimate of drug-likeness (QED) is 0.332. The van der Waals surface area contributed by atoms with Crippen LogP contribution in [0, 0.1) is 0 Å². The molecule has 1 N–H and O–H groups in total. The van der Waals surface area contributed by atoms with Gasteiger partial charge in [-0.15, -0.1) is 11.8 Å². The van der Waals surface area contributed by atoms with Crippen molar-refractivity contribution in [2.45, 2.75) is 9.79 Å². The van der Waals surface area contributed by atoms with Crippen LogP contribution in [0.25, 0.3) is 0 Å². The summed E-state index contributed by atoms with van der Waals surface area (Å²) in [5.74, 6) is 0.229. The maximum Gasteiger partial charge on any atom is 0.264 e. The van der Waals surface area contributed by atoms with Crippen LogP contribution >= 0.6 is 35.0 Å². The Hall–Kier alpha value is -2.19. The van der Waals surface area contributed by atoms with Crippen molar-refractivity contribution in [1.82, 2.24) is 5.32 Å². The van der Waals surface area contributed by atoms with E-state index in [-0.39, 0.29) is 11.4 Å². The molecule has 31 heavy (non-hydrogen) atoms. The molecule has 0 aliphatic rings. The fourth-order valence-electron chi connectivity index (χ4n) is 2.74. The molecule has 0 atom stereocenters. The zero-order chi connectivity index (χ0) is 22.3. The number of hydrogen-bond acceptors (Lipinski definition) is 4. The van der Waals surface area contributed by atoms with E-state index in [2.05, 4.69) is 5.32 Å². The molecule has 0 spiro atoms. The minimum Gasteiger partial charge on any atom is -0.354 e. The molecule has 0 bridgehead atoms. The Labute approximate surface area is 196 Å². The first-order valence-electron chi connectivity index (χ1n) is 9.35. The van der Waals surface area contributed by atoms with Gasteiger partial charge in [-0.3, -0.25) is 9.10 Å². The normalized spacial score (nSPS) is 11.2. The molecular weight excluding hydrogens is 475 g/mol. The van der Waals surface area contributed by atoms with E-state index in [0.29, 0.717) is 28.0 Å². The molecular formula is C22H20Cl2N2O3S2. The van der Waals surface area contributed by atoms with Crippen LogP contribution in [0.5, 0.6) is 0 Å². The molecule has 0 saturated carbocycles. The highest BCUT2D eigenvalue weighted by atomic mass is 35.5. The summed E-state index contributed by atoms with van der Waals surface area (Å²) in [5.41, 5.74) is 0.321. The molecule has 5 nitrogen and oxygen atoms in total. The molecule has 0 aliphatic carbocycles. The third-order valence-electron chi connectivity index (χ3n) is 4.22. The summed E-state index contributed by atoms with van der Waals surface area (Å²) in [6.45, 7) is 0.0318. The first kappa shape index (κ1) is 23.5. The van der Waals surface area contributed by atoms with Crippen molar-refractivity contribution in [2.75, 3.05) is 23.1 Å². The molecule has 3 rings (SSSR count). The summed E-state index contributed by atoms with van der Waals surface area (Å²) < 4.78 is 27.5. The van der Waals surface area contributed by atoms with Gasteiger partial charge in [0.1, 0.15) is 6.54 Å². The number of sulfonamides is 1. The van der Waals surface area contributed by atoms with Gasteiger partial charge >= 0.3 is 0 Å². The molecule has 0 saturated heterocycles. The van der Waals surface area contributed by atoms with Gasteiger partial charge in [0.25, 0.3) is 10.0 Å². The third kappa shape index (κ3) is 6.64. The van der Waals surface area contributed by atoms with Gasteiger partial charge in [0.2, 0.25) is 5.91 Å². The first-order valence-corrected chi connectivity index (χ1v) is 12.5. The van der Waals surface area contributed by atoms with Crippen LogP contribution in [0.15, 0.2) is 88.7 Å². The Kier molecular flexibility index (Phi) is 8.26. The summed E-state index contributed by atoms with van der Waals surface area (Å²) in [5, 5.41) is 3.82. The molecule has 0 aliphatic heterocycles. The number of carbonyl (C=O) groups is 1. The van der Waals surface area contributed by atoms with Crippen LogP contribution in [0.2, 0.25) is 10.0 Å². The minimum atomic E-state index is -3.95. The maximum absolute atomic E-state index is 13.2. The molecule has 0 fully saturated rings. The smallest absolute Gasteiger partial charge is 0.264 e. The second kappa shape index (κ2) is 10.9. The van der Waals surface area contributed by atoms with Gasteiger partial charge in [0.15, 0.2) is 0 Å². The van der Waals surface area contributed by atoms with Crippen LogP contribution in [0.3, 0.4) is 0 Å². The number of hydrogen-bond donors (Lipinski definition) is 1. The Morgan fingerprint density at radius 2 is 1.61 bits per heavy atom. The Morgan fingerprint density at radius 3 is 2.29 bits per heavy atom. The van der Waals surface area contributed by atoms with Gasteiger partial charge in [-0.2, -0.15) is 0 Å². The number of amides is 1. The highest BCUT2D eigenvalue weighted by Crippen LogP contribution is 2.26. The number of halogens is 2. The second-order valence-corrected chi connectivity index (χ2v) is 10.4.